The monoisotopic (exact) mass is 401 g/mol. The van der Waals surface area contributed by atoms with Crippen molar-refractivity contribution in [2.24, 2.45) is 16.8 Å². The maximum atomic E-state index is 11.3. The highest BCUT2D eigenvalue weighted by Gasteiger charge is 2.27. The lowest BCUT2D eigenvalue weighted by molar-refractivity contribution is 0.314. The number of aliphatic imine (C=N–C) groups is 1. The molecule has 1 saturated heterocycles. The predicted molar refractivity (Wildman–Crippen MR) is 88.9 cm³/mol. The number of guanidine groups is 1. The van der Waals surface area contributed by atoms with Gasteiger partial charge in [0.1, 0.15) is 0 Å². The highest BCUT2D eigenvalue weighted by atomic mass is 127. The summed E-state index contributed by atoms with van der Waals surface area (Å²) in [4.78, 5) is 4.16. The lowest BCUT2D eigenvalue weighted by Gasteiger charge is -2.26. The van der Waals surface area contributed by atoms with Crippen LogP contribution in [0.3, 0.4) is 0 Å². The van der Waals surface area contributed by atoms with E-state index in [4.69, 9.17) is 0 Å². The summed E-state index contributed by atoms with van der Waals surface area (Å²) in [5, 5.41) is 6.53. The largest absolute Gasteiger partial charge is 0.356 e. The van der Waals surface area contributed by atoms with E-state index in [1.54, 1.807) is 7.05 Å². The van der Waals surface area contributed by atoms with Crippen molar-refractivity contribution in [3.8, 4) is 0 Å². The molecule has 2 rings (SSSR count). The molecule has 1 atom stereocenters. The van der Waals surface area contributed by atoms with E-state index in [0.29, 0.717) is 18.1 Å². The Balaban J connectivity index is 0.00000180. The summed E-state index contributed by atoms with van der Waals surface area (Å²) >= 11 is 0. The Kier molecular flexibility index (Phi) is 6.85. The summed E-state index contributed by atoms with van der Waals surface area (Å²) in [6.07, 6.45) is 4.74. The van der Waals surface area contributed by atoms with Gasteiger partial charge in [-0.3, -0.25) is 4.99 Å². The first-order valence-corrected chi connectivity index (χ1v) is 8.56. The van der Waals surface area contributed by atoms with Gasteiger partial charge in [-0.2, -0.15) is 0 Å². The van der Waals surface area contributed by atoms with Crippen molar-refractivity contribution in [1.29, 1.82) is 0 Å². The second-order valence-electron chi connectivity index (χ2n) is 5.40. The quantitative estimate of drug-likeness (QED) is 0.419. The number of nitrogens with zero attached hydrogens (tertiary/aromatic N) is 1. The van der Waals surface area contributed by atoms with Crippen molar-refractivity contribution in [1.82, 2.24) is 10.6 Å². The van der Waals surface area contributed by atoms with E-state index in [9.17, 15) is 8.42 Å². The van der Waals surface area contributed by atoms with E-state index in [2.05, 4.69) is 15.6 Å². The molecule has 0 aromatic heterocycles. The molecule has 0 aromatic carbocycles. The van der Waals surface area contributed by atoms with Gasteiger partial charge in [0.05, 0.1) is 11.5 Å². The molecular weight excluding hydrogens is 377 g/mol. The molecule has 2 N–H and O–H groups in total. The number of halogens is 1. The summed E-state index contributed by atoms with van der Waals surface area (Å²) in [5.74, 6) is 2.48. The molecular formula is C12H24IN3O2S. The first kappa shape index (κ1) is 17.0. The van der Waals surface area contributed by atoms with Gasteiger partial charge in [0.2, 0.25) is 0 Å². The highest BCUT2D eigenvalue weighted by Crippen LogP contribution is 2.25. The summed E-state index contributed by atoms with van der Waals surface area (Å²) in [5.41, 5.74) is 0. The van der Waals surface area contributed by atoms with Crippen LogP contribution < -0.4 is 10.6 Å². The standard InChI is InChI=1S/C12H23N3O2S.HI/c1-13-12(14-7-10-3-2-4-10)15-8-11-5-6-18(16,17)9-11;/h10-11H,2-9H2,1H3,(H2,13,14,15);1H. The first-order chi connectivity index (χ1) is 8.59. The second kappa shape index (κ2) is 7.66. The van der Waals surface area contributed by atoms with Crippen LogP contribution in [0.2, 0.25) is 0 Å². The Morgan fingerprint density at radius 2 is 1.79 bits per heavy atom. The van der Waals surface area contributed by atoms with Gasteiger partial charge in [0.25, 0.3) is 0 Å². The Morgan fingerprint density at radius 1 is 1.16 bits per heavy atom. The summed E-state index contributed by atoms with van der Waals surface area (Å²) < 4.78 is 22.7. The maximum absolute atomic E-state index is 11.3. The van der Waals surface area contributed by atoms with Crippen LogP contribution in [0.15, 0.2) is 4.99 Å². The number of hydrogen-bond acceptors (Lipinski definition) is 3. The van der Waals surface area contributed by atoms with Crippen molar-refractivity contribution >= 4 is 39.8 Å². The van der Waals surface area contributed by atoms with Gasteiger partial charge in [-0.15, -0.1) is 24.0 Å². The van der Waals surface area contributed by atoms with Crippen LogP contribution >= 0.6 is 24.0 Å². The molecule has 1 saturated carbocycles. The Bertz CT molecular complexity index is 407. The molecule has 7 heteroatoms. The summed E-state index contributed by atoms with van der Waals surface area (Å²) in [7, 11) is -1.02. The molecule has 1 heterocycles. The Hall–Kier alpha value is -0.0500. The number of sulfone groups is 1. The van der Waals surface area contributed by atoms with Crippen LogP contribution in [0.1, 0.15) is 25.7 Å². The minimum absolute atomic E-state index is 0. The number of hydrogen-bond donors (Lipinski definition) is 2. The molecule has 5 nitrogen and oxygen atoms in total. The molecule has 112 valence electrons. The van der Waals surface area contributed by atoms with Crippen molar-refractivity contribution in [2.75, 3.05) is 31.6 Å². The molecule has 0 spiro atoms. The van der Waals surface area contributed by atoms with E-state index in [-0.39, 0.29) is 29.9 Å². The lowest BCUT2D eigenvalue weighted by Crippen LogP contribution is -2.42. The van der Waals surface area contributed by atoms with E-state index in [1.165, 1.54) is 19.3 Å². The molecule has 1 unspecified atom stereocenters. The average Bonchev–Trinajstić information content (AvgIpc) is 2.61. The van der Waals surface area contributed by atoms with Crippen LogP contribution in [0.25, 0.3) is 0 Å². The van der Waals surface area contributed by atoms with Crippen LogP contribution in [-0.2, 0) is 9.84 Å². The SMILES string of the molecule is CN=C(NCC1CCC1)NCC1CCS(=O)(=O)C1.I. The van der Waals surface area contributed by atoms with Gasteiger partial charge in [-0.05, 0) is 31.1 Å². The zero-order valence-corrected chi connectivity index (χ0v) is 14.5. The Labute approximate surface area is 133 Å². The molecule has 0 radical (unpaired) electrons. The third-order valence-electron chi connectivity index (χ3n) is 3.89. The normalized spacial score (nSPS) is 26.4. The smallest absolute Gasteiger partial charge is 0.190 e. The van der Waals surface area contributed by atoms with Gasteiger partial charge in [-0.25, -0.2) is 8.42 Å². The molecule has 2 aliphatic rings. The molecule has 0 bridgehead atoms. The van der Waals surface area contributed by atoms with Gasteiger partial charge in [0, 0.05) is 20.1 Å². The minimum Gasteiger partial charge on any atom is -0.356 e. The van der Waals surface area contributed by atoms with Crippen LogP contribution in [0.5, 0.6) is 0 Å². The van der Waals surface area contributed by atoms with Crippen molar-refractivity contribution in [3.05, 3.63) is 0 Å². The van der Waals surface area contributed by atoms with Crippen molar-refractivity contribution in [3.63, 3.8) is 0 Å². The fourth-order valence-electron chi connectivity index (χ4n) is 2.43. The van der Waals surface area contributed by atoms with Crippen molar-refractivity contribution in [2.45, 2.75) is 25.7 Å². The number of rotatable bonds is 4. The molecule has 19 heavy (non-hydrogen) atoms. The molecule has 1 aliphatic carbocycles. The van der Waals surface area contributed by atoms with Crippen LogP contribution in [0.4, 0.5) is 0 Å². The maximum Gasteiger partial charge on any atom is 0.190 e. The lowest BCUT2D eigenvalue weighted by atomic mass is 9.85. The fourth-order valence-corrected chi connectivity index (χ4v) is 4.29. The molecule has 0 amide bonds. The second-order valence-corrected chi connectivity index (χ2v) is 7.63. The average molecular weight is 401 g/mol. The first-order valence-electron chi connectivity index (χ1n) is 6.74. The van der Waals surface area contributed by atoms with Gasteiger partial charge < -0.3 is 10.6 Å². The van der Waals surface area contributed by atoms with Gasteiger partial charge in [-0.1, -0.05) is 6.42 Å². The molecule has 1 aliphatic heterocycles. The molecule has 2 fully saturated rings. The van der Waals surface area contributed by atoms with Gasteiger partial charge in [0.15, 0.2) is 15.8 Å². The Morgan fingerprint density at radius 3 is 2.21 bits per heavy atom. The fraction of sp³-hybridized carbons (Fsp3) is 0.917. The highest BCUT2D eigenvalue weighted by molar-refractivity contribution is 14.0. The van der Waals surface area contributed by atoms with Crippen molar-refractivity contribution < 1.29 is 8.42 Å². The summed E-state index contributed by atoms with van der Waals surface area (Å²) in [6, 6.07) is 0. The molecule has 0 aromatic rings. The topological polar surface area (TPSA) is 70.6 Å². The number of nitrogens with one attached hydrogen (secondary N) is 2. The van der Waals surface area contributed by atoms with E-state index in [0.717, 1.165) is 24.8 Å². The predicted octanol–water partition coefficient (Wildman–Crippen LogP) is 1.00. The zero-order chi connectivity index (χ0) is 13.0. The summed E-state index contributed by atoms with van der Waals surface area (Å²) in [6.45, 7) is 1.67. The third-order valence-corrected chi connectivity index (χ3v) is 5.73. The third kappa shape index (κ3) is 5.45. The van der Waals surface area contributed by atoms with Crippen LogP contribution in [-0.4, -0.2) is 46.0 Å². The van der Waals surface area contributed by atoms with E-state index in [1.807, 2.05) is 0 Å². The zero-order valence-electron chi connectivity index (χ0n) is 11.4. The van der Waals surface area contributed by atoms with Gasteiger partial charge >= 0.3 is 0 Å². The van der Waals surface area contributed by atoms with E-state index >= 15 is 0 Å². The van der Waals surface area contributed by atoms with Crippen LogP contribution in [0, 0.1) is 11.8 Å². The minimum atomic E-state index is -2.77. The van der Waals surface area contributed by atoms with E-state index < -0.39 is 9.84 Å².